The summed E-state index contributed by atoms with van der Waals surface area (Å²) in [6, 6.07) is 0. The zero-order valence-electron chi connectivity index (χ0n) is 5.81. The van der Waals surface area contributed by atoms with Gasteiger partial charge in [-0.15, -0.1) is 0 Å². The molecule has 0 aromatic rings. The molecule has 0 aliphatic rings. The maximum Gasteiger partial charge on any atom is 0.0710 e. The van der Waals surface area contributed by atoms with Crippen LogP contribution in [0.5, 0.6) is 0 Å². The largest absolute Gasteiger partial charge is 0.391 e. The molecule has 0 unspecified atom stereocenters. The number of nitrogens with two attached hydrogens (primary N) is 1. The zero-order chi connectivity index (χ0) is 6.78. The van der Waals surface area contributed by atoms with E-state index in [1.54, 1.807) is 0 Å². The third-order valence-electron chi connectivity index (χ3n) is 1.22. The Labute approximate surface area is 50.7 Å². The molecule has 0 saturated carbocycles. The lowest BCUT2D eigenvalue weighted by Gasteiger charge is -2.23. The summed E-state index contributed by atoms with van der Waals surface area (Å²) < 4.78 is 0. The number of rotatable bonds is 1. The van der Waals surface area contributed by atoms with Gasteiger partial charge in [0.05, 0.1) is 6.10 Å². The van der Waals surface area contributed by atoms with Crippen molar-refractivity contribution in [3.63, 3.8) is 0 Å². The Morgan fingerprint density at radius 1 is 1.50 bits per heavy atom. The smallest absolute Gasteiger partial charge is 0.0710 e. The first-order valence-electron chi connectivity index (χ1n) is 2.86. The Morgan fingerprint density at radius 2 is 1.88 bits per heavy atom. The molecule has 0 fully saturated rings. The van der Waals surface area contributed by atoms with E-state index in [0.29, 0.717) is 6.54 Å². The van der Waals surface area contributed by atoms with Crippen LogP contribution in [0, 0.1) is 5.41 Å². The van der Waals surface area contributed by atoms with Gasteiger partial charge in [-0.1, -0.05) is 20.8 Å². The first kappa shape index (κ1) is 7.92. The predicted molar refractivity (Wildman–Crippen MR) is 34.5 cm³/mol. The van der Waals surface area contributed by atoms with Crippen molar-refractivity contribution in [3.8, 4) is 0 Å². The Bertz CT molecular complexity index is 65.4. The highest BCUT2D eigenvalue weighted by Gasteiger charge is 2.19. The summed E-state index contributed by atoms with van der Waals surface area (Å²) in [4.78, 5) is 0. The van der Waals surface area contributed by atoms with E-state index in [9.17, 15) is 0 Å². The second kappa shape index (κ2) is 2.46. The fourth-order valence-corrected chi connectivity index (χ4v) is 0.354. The standard InChI is InChI=1S/C6H15NO/c1-6(2,3)5(8)4-7/h5,8H,4,7H2,1-3H3/t5-/m0/s1. The minimum Gasteiger partial charge on any atom is -0.391 e. The van der Waals surface area contributed by atoms with Crippen LogP contribution in [0.1, 0.15) is 20.8 Å². The summed E-state index contributed by atoms with van der Waals surface area (Å²) in [5.41, 5.74) is 5.15. The van der Waals surface area contributed by atoms with Gasteiger partial charge in [0.25, 0.3) is 0 Å². The lowest BCUT2D eigenvalue weighted by Crippen LogP contribution is -2.33. The fraction of sp³-hybridized carbons (Fsp3) is 1.00. The molecule has 8 heavy (non-hydrogen) atoms. The van der Waals surface area contributed by atoms with Gasteiger partial charge in [0.1, 0.15) is 0 Å². The maximum atomic E-state index is 9.07. The Kier molecular flexibility index (Phi) is 2.44. The van der Waals surface area contributed by atoms with E-state index < -0.39 is 0 Å². The molecule has 0 saturated heterocycles. The Balaban J connectivity index is 3.62. The molecule has 0 bridgehead atoms. The predicted octanol–water partition coefficient (Wildman–Crippen LogP) is 0.352. The maximum absolute atomic E-state index is 9.07. The normalized spacial score (nSPS) is 16.1. The topological polar surface area (TPSA) is 46.2 Å². The van der Waals surface area contributed by atoms with E-state index in [2.05, 4.69) is 0 Å². The Hall–Kier alpha value is -0.0800. The van der Waals surface area contributed by atoms with Crippen molar-refractivity contribution in [2.75, 3.05) is 6.54 Å². The second-order valence-electron chi connectivity index (χ2n) is 3.12. The lowest BCUT2D eigenvalue weighted by molar-refractivity contribution is 0.0709. The molecule has 0 aromatic carbocycles. The minimum atomic E-state index is -0.373. The van der Waals surface area contributed by atoms with Crippen LogP contribution in [-0.2, 0) is 0 Å². The molecule has 1 atom stereocenters. The highest BCUT2D eigenvalue weighted by Crippen LogP contribution is 2.17. The second-order valence-corrected chi connectivity index (χ2v) is 3.12. The van der Waals surface area contributed by atoms with Crippen LogP contribution < -0.4 is 5.73 Å². The Morgan fingerprint density at radius 3 is 1.88 bits per heavy atom. The summed E-state index contributed by atoms with van der Waals surface area (Å²) in [7, 11) is 0. The van der Waals surface area contributed by atoms with Crippen LogP contribution in [0.3, 0.4) is 0 Å². The van der Waals surface area contributed by atoms with Gasteiger partial charge in [-0.2, -0.15) is 0 Å². The van der Waals surface area contributed by atoms with Crippen LogP contribution in [0.15, 0.2) is 0 Å². The van der Waals surface area contributed by atoms with Crippen molar-refractivity contribution in [3.05, 3.63) is 0 Å². The average Bonchev–Trinajstić information content (AvgIpc) is 1.62. The van der Waals surface area contributed by atoms with Gasteiger partial charge in [0.2, 0.25) is 0 Å². The van der Waals surface area contributed by atoms with E-state index in [4.69, 9.17) is 10.8 Å². The number of aliphatic hydroxyl groups is 1. The van der Waals surface area contributed by atoms with Crippen molar-refractivity contribution in [1.29, 1.82) is 0 Å². The molecule has 0 amide bonds. The molecule has 3 N–H and O–H groups in total. The molecule has 0 aliphatic heterocycles. The highest BCUT2D eigenvalue weighted by molar-refractivity contribution is 4.72. The molecule has 0 aliphatic carbocycles. The fourth-order valence-electron chi connectivity index (χ4n) is 0.354. The summed E-state index contributed by atoms with van der Waals surface area (Å²) in [5, 5.41) is 9.07. The van der Waals surface area contributed by atoms with Crippen molar-refractivity contribution >= 4 is 0 Å². The molecular formula is C6H15NO. The molecule has 2 heteroatoms. The van der Waals surface area contributed by atoms with E-state index in [0.717, 1.165) is 0 Å². The lowest BCUT2D eigenvalue weighted by atomic mass is 9.89. The third-order valence-corrected chi connectivity index (χ3v) is 1.22. The van der Waals surface area contributed by atoms with Crippen LogP contribution >= 0.6 is 0 Å². The first-order chi connectivity index (χ1) is 3.48. The van der Waals surface area contributed by atoms with Gasteiger partial charge in [0, 0.05) is 6.54 Å². The molecule has 0 heterocycles. The van der Waals surface area contributed by atoms with Gasteiger partial charge in [-0.05, 0) is 5.41 Å². The van der Waals surface area contributed by atoms with Gasteiger partial charge in [0.15, 0.2) is 0 Å². The molecule has 0 spiro atoms. The number of hydrogen-bond donors (Lipinski definition) is 2. The minimum absolute atomic E-state index is 0.0608. The summed E-state index contributed by atoms with van der Waals surface area (Å²) in [6.07, 6.45) is -0.373. The summed E-state index contributed by atoms with van der Waals surface area (Å²) in [6.45, 7) is 6.24. The van der Waals surface area contributed by atoms with E-state index in [-0.39, 0.29) is 11.5 Å². The van der Waals surface area contributed by atoms with Crippen LogP contribution in [0.4, 0.5) is 0 Å². The van der Waals surface area contributed by atoms with E-state index in [1.807, 2.05) is 20.8 Å². The van der Waals surface area contributed by atoms with Crippen molar-refractivity contribution in [2.45, 2.75) is 26.9 Å². The summed E-state index contributed by atoms with van der Waals surface area (Å²) >= 11 is 0. The zero-order valence-corrected chi connectivity index (χ0v) is 5.81. The number of aliphatic hydroxyl groups excluding tert-OH is 1. The summed E-state index contributed by atoms with van der Waals surface area (Å²) in [5.74, 6) is 0. The molecule has 50 valence electrons. The van der Waals surface area contributed by atoms with Crippen LogP contribution in [0.25, 0.3) is 0 Å². The van der Waals surface area contributed by atoms with E-state index >= 15 is 0 Å². The quantitative estimate of drug-likeness (QED) is 0.520. The molecule has 0 rings (SSSR count). The molecular weight excluding hydrogens is 102 g/mol. The van der Waals surface area contributed by atoms with Crippen molar-refractivity contribution in [2.24, 2.45) is 11.1 Å². The van der Waals surface area contributed by atoms with E-state index in [1.165, 1.54) is 0 Å². The van der Waals surface area contributed by atoms with Gasteiger partial charge < -0.3 is 10.8 Å². The monoisotopic (exact) mass is 117 g/mol. The highest BCUT2D eigenvalue weighted by atomic mass is 16.3. The van der Waals surface area contributed by atoms with Crippen molar-refractivity contribution in [1.82, 2.24) is 0 Å². The first-order valence-corrected chi connectivity index (χ1v) is 2.86. The van der Waals surface area contributed by atoms with Gasteiger partial charge in [-0.25, -0.2) is 0 Å². The molecule has 0 aromatic heterocycles. The van der Waals surface area contributed by atoms with Crippen LogP contribution in [0.2, 0.25) is 0 Å². The van der Waals surface area contributed by atoms with Gasteiger partial charge >= 0.3 is 0 Å². The number of hydrogen-bond acceptors (Lipinski definition) is 2. The van der Waals surface area contributed by atoms with Crippen molar-refractivity contribution < 1.29 is 5.11 Å². The SMILES string of the molecule is CC(C)(C)[C@@H](O)CN. The molecule has 2 nitrogen and oxygen atoms in total. The molecule has 0 radical (unpaired) electrons. The average molecular weight is 117 g/mol. The van der Waals surface area contributed by atoms with Crippen LogP contribution in [-0.4, -0.2) is 17.8 Å². The third kappa shape index (κ3) is 2.28. The van der Waals surface area contributed by atoms with Gasteiger partial charge in [-0.3, -0.25) is 0 Å².